The number of amides is 2. The van der Waals surface area contributed by atoms with Crippen LogP contribution in [0, 0.1) is 20.4 Å². The highest BCUT2D eigenvalue weighted by Gasteiger charge is 2.27. The van der Waals surface area contributed by atoms with Crippen LogP contribution in [0.1, 0.15) is 40.2 Å². The molecule has 0 saturated carbocycles. The van der Waals surface area contributed by atoms with Crippen LogP contribution in [0.2, 0.25) is 0 Å². The van der Waals surface area contributed by atoms with Crippen LogP contribution in [-0.2, 0) is 22.4 Å². The van der Waals surface area contributed by atoms with Crippen LogP contribution in [0.5, 0.6) is 0 Å². The molecule has 0 aromatic carbocycles. The van der Waals surface area contributed by atoms with Gasteiger partial charge in [-0.3, -0.25) is 20.2 Å². The van der Waals surface area contributed by atoms with Gasteiger partial charge >= 0.3 is 0 Å². The molecular formula is C20H18N4O2S2. The van der Waals surface area contributed by atoms with Gasteiger partial charge in [0, 0.05) is 11.4 Å². The van der Waals surface area contributed by atoms with Gasteiger partial charge in [-0.05, 0) is 73.5 Å². The average Bonchev–Trinajstić information content (AvgIpc) is 3.14. The second-order valence-corrected chi connectivity index (χ2v) is 8.43. The first-order valence-corrected chi connectivity index (χ1v) is 10.2. The van der Waals surface area contributed by atoms with Crippen molar-refractivity contribution in [3.8, 4) is 5.00 Å². The van der Waals surface area contributed by atoms with E-state index >= 15 is 0 Å². The zero-order valence-corrected chi connectivity index (χ0v) is 17.1. The lowest BCUT2D eigenvalue weighted by molar-refractivity contribution is -0.123. The fourth-order valence-corrected chi connectivity index (χ4v) is 5.43. The van der Waals surface area contributed by atoms with Crippen LogP contribution in [0.25, 0.3) is 15.9 Å². The van der Waals surface area contributed by atoms with Gasteiger partial charge in [-0.1, -0.05) is 6.42 Å². The Hall–Kier alpha value is -2.76. The molecule has 3 heterocycles. The van der Waals surface area contributed by atoms with E-state index in [1.165, 1.54) is 10.4 Å². The maximum absolute atomic E-state index is 12.2. The maximum Gasteiger partial charge on any atom is 0.263 e. The van der Waals surface area contributed by atoms with E-state index in [4.69, 9.17) is 18.8 Å². The fourth-order valence-electron chi connectivity index (χ4n) is 3.81. The highest BCUT2D eigenvalue weighted by atomic mass is 32.1. The third-order valence-corrected chi connectivity index (χ3v) is 6.62. The van der Waals surface area contributed by atoms with Gasteiger partial charge in [0.2, 0.25) is 5.69 Å². The predicted octanol–water partition coefficient (Wildman–Crippen LogP) is 3.50. The second kappa shape index (κ2) is 7.00. The molecule has 142 valence electrons. The van der Waals surface area contributed by atoms with Crippen LogP contribution >= 0.6 is 23.6 Å². The van der Waals surface area contributed by atoms with E-state index in [0.29, 0.717) is 0 Å². The number of carbonyl (C=O) groups is 2. The Bertz CT molecular complexity index is 1090. The first kappa shape index (κ1) is 18.6. The Kier molecular flexibility index (Phi) is 4.65. The van der Waals surface area contributed by atoms with Crippen molar-refractivity contribution < 1.29 is 9.59 Å². The summed E-state index contributed by atoms with van der Waals surface area (Å²) in [7, 11) is 0. The van der Waals surface area contributed by atoms with Gasteiger partial charge in [0.05, 0.1) is 6.57 Å². The van der Waals surface area contributed by atoms with E-state index in [2.05, 4.69) is 20.0 Å². The van der Waals surface area contributed by atoms with Gasteiger partial charge < -0.3 is 4.57 Å². The Labute approximate surface area is 172 Å². The van der Waals surface area contributed by atoms with Crippen molar-refractivity contribution in [1.29, 1.82) is 0 Å². The molecule has 28 heavy (non-hydrogen) atoms. The third-order valence-electron chi connectivity index (χ3n) is 5.15. The van der Waals surface area contributed by atoms with Crippen LogP contribution in [0.15, 0.2) is 11.6 Å². The quantitative estimate of drug-likeness (QED) is 0.345. The summed E-state index contributed by atoms with van der Waals surface area (Å²) in [5.41, 5.74) is 4.56. The summed E-state index contributed by atoms with van der Waals surface area (Å²) in [5, 5.41) is 5.85. The lowest BCUT2D eigenvalue weighted by atomic mass is 9.98. The summed E-state index contributed by atoms with van der Waals surface area (Å²) in [6, 6.07) is 1.93. The SMILES string of the molecule is [C-]#[N+]c1c(-n2c(C)cc(C=C3C(=O)NC(=S)NC3=O)c2C)sc2c1CCCC2. The first-order valence-electron chi connectivity index (χ1n) is 9.00. The number of nitrogens with zero attached hydrogens (tertiary/aromatic N) is 2. The molecule has 2 amide bonds. The van der Waals surface area contributed by atoms with Gasteiger partial charge in [-0.2, -0.15) is 0 Å². The number of aryl methyl sites for hydroxylation is 2. The van der Waals surface area contributed by atoms with Crippen LogP contribution < -0.4 is 10.6 Å². The molecule has 0 atom stereocenters. The summed E-state index contributed by atoms with van der Waals surface area (Å²) >= 11 is 6.52. The average molecular weight is 411 g/mol. The van der Waals surface area contributed by atoms with Crippen molar-refractivity contribution in [1.82, 2.24) is 15.2 Å². The van der Waals surface area contributed by atoms with Gasteiger partial charge in [0.25, 0.3) is 11.8 Å². The molecule has 0 unspecified atom stereocenters. The lowest BCUT2D eigenvalue weighted by Gasteiger charge is -2.16. The molecule has 2 aromatic rings. The molecule has 0 radical (unpaired) electrons. The highest BCUT2D eigenvalue weighted by Crippen LogP contribution is 2.44. The molecule has 1 aliphatic heterocycles. The fraction of sp³-hybridized carbons (Fsp3) is 0.300. The molecule has 2 aromatic heterocycles. The molecular weight excluding hydrogens is 392 g/mol. The number of hydrogen-bond acceptors (Lipinski definition) is 4. The van der Waals surface area contributed by atoms with Gasteiger partial charge in [0.1, 0.15) is 10.6 Å². The zero-order chi connectivity index (χ0) is 20.0. The Balaban J connectivity index is 1.82. The number of thiocarbonyl (C=S) groups is 1. The minimum atomic E-state index is -0.507. The topological polar surface area (TPSA) is 67.5 Å². The number of nitrogens with one attached hydrogen (secondary N) is 2. The number of carbonyl (C=O) groups excluding carboxylic acids is 2. The Morgan fingerprint density at radius 3 is 2.57 bits per heavy atom. The smallest absolute Gasteiger partial charge is 0.263 e. The number of aromatic nitrogens is 1. The van der Waals surface area contributed by atoms with Crippen LogP contribution in [0.4, 0.5) is 5.69 Å². The standard InChI is InChI=1S/C20H18N4O2S2/c1-10-8-12(9-14-17(25)22-20(27)23-18(14)26)11(2)24(10)19-16(21-3)13-6-4-5-7-15(13)28-19/h8-9H,4-7H2,1-2H3,(H2,22,23,25,26,27). The number of fused-ring (bicyclic) bond motifs is 1. The molecule has 4 rings (SSSR count). The van der Waals surface area contributed by atoms with E-state index in [9.17, 15) is 9.59 Å². The molecule has 1 fully saturated rings. The van der Waals surface area contributed by atoms with Gasteiger partial charge in [-0.15, -0.1) is 11.3 Å². The molecule has 1 saturated heterocycles. The number of thiophene rings is 1. The molecule has 8 heteroatoms. The van der Waals surface area contributed by atoms with Crippen molar-refractivity contribution in [2.75, 3.05) is 0 Å². The van der Waals surface area contributed by atoms with Crippen molar-refractivity contribution in [3.63, 3.8) is 0 Å². The molecule has 0 bridgehead atoms. The van der Waals surface area contributed by atoms with Crippen molar-refractivity contribution in [2.45, 2.75) is 39.5 Å². The molecule has 2 aliphatic rings. The number of hydrogen-bond donors (Lipinski definition) is 2. The second-order valence-electron chi connectivity index (χ2n) is 6.93. The van der Waals surface area contributed by atoms with Crippen molar-refractivity contribution in [2.24, 2.45) is 0 Å². The molecule has 6 nitrogen and oxygen atoms in total. The largest absolute Gasteiger partial charge is 0.318 e. The summed E-state index contributed by atoms with van der Waals surface area (Å²) in [4.78, 5) is 29.5. The van der Waals surface area contributed by atoms with E-state index in [1.54, 1.807) is 17.4 Å². The van der Waals surface area contributed by atoms with E-state index in [1.807, 2.05) is 19.9 Å². The maximum atomic E-state index is 12.2. The summed E-state index contributed by atoms with van der Waals surface area (Å²) in [6.45, 7) is 11.6. The third kappa shape index (κ3) is 2.97. The summed E-state index contributed by atoms with van der Waals surface area (Å²) < 4.78 is 2.06. The predicted molar refractivity (Wildman–Crippen MR) is 113 cm³/mol. The van der Waals surface area contributed by atoms with Crippen molar-refractivity contribution in [3.05, 3.63) is 50.4 Å². The summed E-state index contributed by atoms with van der Waals surface area (Å²) in [5.74, 6) is -1.01. The van der Waals surface area contributed by atoms with Crippen molar-refractivity contribution >= 4 is 52.2 Å². The highest BCUT2D eigenvalue weighted by molar-refractivity contribution is 7.80. The lowest BCUT2D eigenvalue weighted by Crippen LogP contribution is -2.51. The number of rotatable bonds is 2. The minimum Gasteiger partial charge on any atom is -0.318 e. The van der Waals surface area contributed by atoms with Crippen LogP contribution in [0.3, 0.4) is 0 Å². The normalized spacial score (nSPS) is 16.3. The first-order chi connectivity index (χ1) is 13.4. The van der Waals surface area contributed by atoms with Gasteiger partial charge in [0.15, 0.2) is 5.11 Å². The zero-order valence-electron chi connectivity index (χ0n) is 15.5. The Morgan fingerprint density at radius 2 is 1.89 bits per heavy atom. The molecule has 2 N–H and O–H groups in total. The monoisotopic (exact) mass is 410 g/mol. The minimum absolute atomic E-state index is 0.0171. The summed E-state index contributed by atoms with van der Waals surface area (Å²) in [6.07, 6.45) is 5.85. The van der Waals surface area contributed by atoms with E-state index < -0.39 is 11.8 Å². The molecule has 0 spiro atoms. The van der Waals surface area contributed by atoms with Gasteiger partial charge in [-0.25, -0.2) is 4.85 Å². The van der Waals surface area contributed by atoms with E-state index in [-0.39, 0.29) is 10.7 Å². The Morgan fingerprint density at radius 1 is 1.21 bits per heavy atom. The molecule has 1 aliphatic carbocycles. The van der Waals surface area contributed by atoms with E-state index in [0.717, 1.165) is 53.3 Å². The van der Waals surface area contributed by atoms with Crippen LogP contribution in [-0.4, -0.2) is 21.5 Å².